The molecule has 0 spiro atoms. The molecule has 96 valence electrons. The van der Waals surface area contributed by atoms with Gasteiger partial charge in [0.1, 0.15) is 11.4 Å². The summed E-state index contributed by atoms with van der Waals surface area (Å²) in [5.41, 5.74) is 2.13. The SMILES string of the molecule is COc1ccn2cc(CCN3CCCC3)nc2c1. The van der Waals surface area contributed by atoms with Gasteiger partial charge in [0.2, 0.25) is 0 Å². The number of imidazole rings is 1. The quantitative estimate of drug-likeness (QED) is 0.825. The van der Waals surface area contributed by atoms with Gasteiger partial charge in [-0.15, -0.1) is 0 Å². The Morgan fingerprint density at radius 3 is 2.94 bits per heavy atom. The monoisotopic (exact) mass is 245 g/mol. The topological polar surface area (TPSA) is 29.8 Å². The molecule has 0 bridgehead atoms. The minimum Gasteiger partial charge on any atom is -0.497 e. The van der Waals surface area contributed by atoms with E-state index in [0.29, 0.717) is 0 Å². The zero-order valence-corrected chi connectivity index (χ0v) is 10.8. The fourth-order valence-electron chi connectivity index (χ4n) is 2.54. The highest BCUT2D eigenvalue weighted by Gasteiger charge is 2.12. The lowest BCUT2D eigenvalue weighted by molar-refractivity contribution is 0.342. The third-order valence-corrected chi connectivity index (χ3v) is 3.60. The predicted molar refractivity (Wildman–Crippen MR) is 71.1 cm³/mol. The number of pyridine rings is 1. The molecule has 1 saturated heterocycles. The molecule has 0 aromatic carbocycles. The van der Waals surface area contributed by atoms with E-state index in [2.05, 4.69) is 20.5 Å². The molecule has 0 N–H and O–H groups in total. The van der Waals surface area contributed by atoms with Crippen molar-refractivity contribution in [3.05, 3.63) is 30.2 Å². The van der Waals surface area contributed by atoms with Crippen LogP contribution in [-0.2, 0) is 6.42 Å². The molecule has 1 fully saturated rings. The molecule has 18 heavy (non-hydrogen) atoms. The highest BCUT2D eigenvalue weighted by molar-refractivity contribution is 5.45. The first kappa shape index (κ1) is 11.5. The number of rotatable bonds is 4. The Kier molecular flexibility index (Phi) is 3.19. The Labute approximate surface area is 107 Å². The summed E-state index contributed by atoms with van der Waals surface area (Å²) in [6, 6.07) is 3.93. The Morgan fingerprint density at radius 1 is 1.33 bits per heavy atom. The molecule has 1 aliphatic heterocycles. The van der Waals surface area contributed by atoms with Gasteiger partial charge < -0.3 is 14.0 Å². The van der Waals surface area contributed by atoms with E-state index < -0.39 is 0 Å². The highest BCUT2D eigenvalue weighted by atomic mass is 16.5. The van der Waals surface area contributed by atoms with Crippen molar-refractivity contribution in [3.8, 4) is 5.75 Å². The van der Waals surface area contributed by atoms with Crippen LogP contribution < -0.4 is 4.74 Å². The molecular weight excluding hydrogens is 226 g/mol. The second-order valence-corrected chi connectivity index (χ2v) is 4.86. The van der Waals surface area contributed by atoms with Gasteiger partial charge >= 0.3 is 0 Å². The normalized spacial score (nSPS) is 16.5. The van der Waals surface area contributed by atoms with E-state index in [9.17, 15) is 0 Å². The summed E-state index contributed by atoms with van der Waals surface area (Å²) < 4.78 is 7.27. The van der Waals surface area contributed by atoms with Gasteiger partial charge in [-0.05, 0) is 32.0 Å². The molecule has 0 radical (unpaired) electrons. The van der Waals surface area contributed by atoms with Crippen LogP contribution >= 0.6 is 0 Å². The van der Waals surface area contributed by atoms with Crippen molar-refractivity contribution in [2.24, 2.45) is 0 Å². The highest BCUT2D eigenvalue weighted by Crippen LogP contribution is 2.15. The Bertz CT molecular complexity index is 529. The zero-order valence-electron chi connectivity index (χ0n) is 10.8. The first-order valence-electron chi connectivity index (χ1n) is 6.59. The van der Waals surface area contributed by atoms with Crippen molar-refractivity contribution in [3.63, 3.8) is 0 Å². The summed E-state index contributed by atoms with van der Waals surface area (Å²) in [5, 5.41) is 0. The number of likely N-dealkylation sites (tertiary alicyclic amines) is 1. The second-order valence-electron chi connectivity index (χ2n) is 4.86. The van der Waals surface area contributed by atoms with Gasteiger partial charge in [0.05, 0.1) is 12.8 Å². The van der Waals surface area contributed by atoms with Gasteiger partial charge in [0, 0.05) is 31.4 Å². The van der Waals surface area contributed by atoms with Crippen molar-refractivity contribution >= 4 is 5.65 Å². The number of fused-ring (bicyclic) bond motifs is 1. The van der Waals surface area contributed by atoms with Crippen LogP contribution in [0.1, 0.15) is 18.5 Å². The molecule has 1 aliphatic rings. The van der Waals surface area contributed by atoms with E-state index in [1.165, 1.54) is 25.9 Å². The van der Waals surface area contributed by atoms with Crippen LogP contribution in [0.25, 0.3) is 5.65 Å². The number of nitrogens with zero attached hydrogens (tertiary/aromatic N) is 3. The second kappa shape index (κ2) is 4.98. The standard InChI is InChI=1S/C14H19N3O/c1-18-13-5-9-17-11-12(15-14(17)10-13)4-8-16-6-2-3-7-16/h5,9-11H,2-4,6-8H2,1H3. The maximum absolute atomic E-state index is 5.21. The minimum atomic E-state index is 0.860. The lowest BCUT2D eigenvalue weighted by Gasteiger charge is -2.12. The number of aromatic nitrogens is 2. The summed E-state index contributed by atoms with van der Waals surface area (Å²) in [4.78, 5) is 7.16. The van der Waals surface area contributed by atoms with Crippen LogP contribution in [0, 0.1) is 0 Å². The maximum Gasteiger partial charge on any atom is 0.140 e. The summed E-state index contributed by atoms with van der Waals surface area (Å²) in [5.74, 6) is 0.860. The molecular formula is C14H19N3O. The Balaban J connectivity index is 1.72. The van der Waals surface area contributed by atoms with E-state index in [1.807, 2.05) is 18.3 Å². The van der Waals surface area contributed by atoms with Gasteiger partial charge in [-0.3, -0.25) is 0 Å². The lowest BCUT2D eigenvalue weighted by Crippen LogP contribution is -2.21. The molecule has 2 aromatic rings. The van der Waals surface area contributed by atoms with Crippen LogP contribution in [0.3, 0.4) is 0 Å². The molecule has 4 nitrogen and oxygen atoms in total. The van der Waals surface area contributed by atoms with E-state index in [-0.39, 0.29) is 0 Å². The van der Waals surface area contributed by atoms with Crippen LogP contribution in [0.4, 0.5) is 0 Å². The largest absolute Gasteiger partial charge is 0.497 e. The van der Waals surface area contributed by atoms with E-state index >= 15 is 0 Å². The average Bonchev–Trinajstić information content (AvgIpc) is 3.04. The van der Waals surface area contributed by atoms with Crippen molar-refractivity contribution in [1.82, 2.24) is 14.3 Å². The number of ether oxygens (including phenoxy) is 1. The van der Waals surface area contributed by atoms with Crippen molar-refractivity contribution in [2.75, 3.05) is 26.7 Å². The van der Waals surface area contributed by atoms with Gasteiger partial charge in [0.15, 0.2) is 0 Å². The Morgan fingerprint density at radius 2 is 2.17 bits per heavy atom. The van der Waals surface area contributed by atoms with Gasteiger partial charge in [-0.2, -0.15) is 0 Å². The van der Waals surface area contributed by atoms with Crippen molar-refractivity contribution in [1.29, 1.82) is 0 Å². The number of hydrogen-bond acceptors (Lipinski definition) is 3. The molecule has 4 heteroatoms. The van der Waals surface area contributed by atoms with Crippen molar-refractivity contribution < 1.29 is 4.74 Å². The third-order valence-electron chi connectivity index (χ3n) is 3.60. The average molecular weight is 245 g/mol. The first-order chi connectivity index (χ1) is 8.85. The molecule has 3 heterocycles. The lowest BCUT2D eigenvalue weighted by atomic mass is 10.3. The maximum atomic E-state index is 5.21. The summed E-state index contributed by atoms with van der Waals surface area (Å²) in [6.45, 7) is 3.63. The van der Waals surface area contributed by atoms with Crippen LogP contribution in [0.15, 0.2) is 24.5 Å². The van der Waals surface area contributed by atoms with Crippen LogP contribution in [0.2, 0.25) is 0 Å². The van der Waals surface area contributed by atoms with E-state index in [0.717, 1.165) is 30.1 Å². The smallest absolute Gasteiger partial charge is 0.140 e. The number of hydrogen-bond donors (Lipinski definition) is 0. The molecule has 0 unspecified atom stereocenters. The molecule has 0 saturated carbocycles. The van der Waals surface area contributed by atoms with Gasteiger partial charge in [0.25, 0.3) is 0 Å². The van der Waals surface area contributed by atoms with Gasteiger partial charge in [-0.1, -0.05) is 0 Å². The summed E-state index contributed by atoms with van der Waals surface area (Å²) in [6.07, 6.45) is 7.85. The van der Waals surface area contributed by atoms with Gasteiger partial charge in [-0.25, -0.2) is 4.98 Å². The van der Waals surface area contributed by atoms with Crippen LogP contribution in [0.5, 0.6) is 5.75 Å². The number of methoxy groups -OCH3 is 1. The molecule has 0 aliphatic carbocycles. The molecule has 3 rings (SSSR count). The molecule has 0 atom stereocenters. The predicted octanol–water partition coefficient (Wildman–Crippen LogP) is 1.98. The van der Waals surface area contributed by atoms with E-state index in [1.54, 1.807) is 7.11 Å². The van der Waals surface area contributed by atoms with Crippen molar-refractivity contribution in [2.45, 2.75) is 19.3 Å². The zero-order chi connectivity index (χ0) is 12.4. The fourth-order valence-corrected chi connectivity index (χ4v) is 2.54. The molecule has 0 amide bonds. The molecule has 2 aromatic heterocycles. The van der Waals surface area contributed by atoms with Crippen LogP contribution in [-0.4, -0.2) is 41.0 Å². The van der Waals surface area contributed by atoms with E-state index in [4.69, 9.17) is 4.74 Å². The minimum absolute atomic E-state index is 0.860. The first-order valence-corrected chi connectivity index (χ1v) is 6.59. The fraction of sp³-hybridized carbons (Fsp3) is 0.500. The summed E-state index contributed by atoms with van der Waals surface area (Å²) >= 11 is 0. The third kappa shape index (κ3) is 2.34. The summed E-state index contributed by atoms with van der Waals surface area (Å²) in [7, 11) is 1.68. The Hall–Kier alpha value is -1.55.